The van der Waals surface area contributed by atoms with E-state index in [0.29, 0.717) is 11.3 Å². The van der Waals surface area contributed by atoms with E-state index in [9.17, 15) is 4.79 Å². The molecule has 0 saturated heterocycles. The van der Waals surface area contributed by atoms with Crippen LogP contribution in [0.3, 0.4) is 0 Å². The van der Waals surface area contributed by atoms with Crippen LogP contribution in [0.1, 0.15) is 55.4 Å². The molecule has 1 aromatic heterocycles. The number of hydrogen-bond donors (Lipinski definition) is 0. The molecule has 2 nitrogen and oxygen atoms in total. The lowest BCUT2D eigenvalue weighted by atomic mass is 9.49. The number of carbonyl (C=O) groups excluding carboxylic acids is 1. The molecule has 0 radical (unpaired) electrons. The van der Waals surface area contributed by atoms with E-state index in [4.69, 9.17) is 0 Å². The van der Waals surface area contributed by atoms with Crippen molar-refractivity contribution in [2.75, 3.05) is 6.54 Å². The number of thiophene rings is 1. The SMILES string of the molecule is O=C(CC12CC3CC(CC(C3)C1)C2)N1CCc2sccc2C1. The van der Waals surface area contributed by atoms with Gasteiger partial charge in [0.05, 0.1) is 0 Å². The van der Waals surface area contributed by atoms with E-state index in [1.54, 1.807) is 0 Å². The van der Waals surface area contributed by atoms with Gasteiger partial charge in [-0.3, -0.25) is 4.79 Å². The normalized spacial score (nSPS) is 39.1. The van der Waals surface area contributed by atoms with Gasteiger partial charge in [0, 0.05) is 24.4 Å². The Hall–Kier alpha value is -0.830. The summed E-state index contributed by atoms with van der Waals surface area (Å²) < 4.78 is 0. The quantitative estimate of drug-likeness (QED) is 0.799. The number of nitrogens with zero attached hydrogens (tertiary/aromatic N) is 1. The smallest absolute Gasteiger partial charge is 0.223 e. The summed E-state index contributed by atoms with van der Waals surface area (Å²) in [4.78, 5) is 16.6. The molecule has 0 spiro atoms. The summed E-state index contributed by atoms with van der Waals surface area (Å²) in [5, 5.41) is 2.18. The maximum Gasteiger partial charge on any atom is 0.223 e. The second-order valence-corrected chi connectivity index (χ2v) is 9.53. The molecule has 0 atom stereocenters. The first-order valence-electron chi connectivity index (χ1n) is 9.02. The molecular formula is C19H25NOS. The largest absolute Gasteiger partial charge is 0.338 e. The molecule has 4 aliphatic carbocycles. The fraction of sp³-hybridized carbons (Fsp3) is 0.737. The van der Waals surface area contributed by atoms with Crippen LogP contribution in [0.25, 0.3) is 0 Å². The van der Waals surface area contributed by atoms with Crippen molar-refractivity contribution in [2.45, 2.75) is 57.9 Å². The highest BCUT2D eigenvalue weighted by Gasteiger charge is 2.51. The molecule has 5 aliphatic rings. The summed E-state index contributed by atoms with van der Waals surface area (Å²) in [5.74, 6) is 3.29. The topological polar surface area (TPSA) is 20.3 Å². The lowest BCUT2D eigenvalue weighted by Crippen LogP contribution is -2.48. The molecule has 4 fully saturated rings. The molecule has 0 N–H and O–H groups in total. The summed E-state index contributed by atoms with van der Waals surface area (Å²) >= 11 is 1.86. The molecule has 22 heavy (non-hydrogen) atoms. The van der Waals surface area contributed by atoms with E-state index >= 15 is 0 Å². The van der Waals surface area contributed by atoms with Crippen molar-refractivity contribution in [3.63, 3.8) is 0 Å². The van der Waals surface area contributed by atoms with Crippen molar-refractivity contribution in [3.8, 4) is 0 Å². The van der Waals surface area contributed by atoms with Gasteiger partial charge in [0.2, 0.25) is 5.91 Å². The van der Waals surface area contributed by atoms with Gasteiger partial charge in [-0.15, -0.1) is 11.3 Å². The second kappa shape index (κ2) is 4.83. The fourth-order valence-corrected chi connectivity index (χ4v) is 7.29. The molecule has 0 aromatic carbocycles. The van der Waals surface area contributed by atoms with E-state index in [0.717, 1.165) is 43.7 Å². The number of rotatable bonds is 2. The van der Waals surface area contributed by atoms with Gasteiger partial charge >= 0.3 is 0 Å². The van der Waals surface area contributed by atoms with Gasteiger partial charge in [-0.1, -0.05) is 0 Å². The van der Waals surface area contributed by atoms with Crippen LogP contribution in [-0.2, 0) is 17.8 Å². The molecule has 2 heterocycles. The molecule has 0 unspecified atom stereocenters. The highest BCUT2D eigenvalue weighted by Crippen LogP contribution is 2.61. The summed E-state index contributed by atoms with van der Waals surface area (Å²) in [5.41, 5.74) is 1.79. The van der Waals surface area contributed by atoms with E-state index in [1.807, 2.05) is 11.3 Å². The van der Waals surface area contributed by atoms with Crippen LogP contribution in [0, 0.1) is 23.2 Å². The van der Waals surface area contributed by atoms with Gasteiger partial charge in [-0.05, 0) is 85.1 Å². The van der Waals surface area contributed by atoms with Gasteiger partial charge in [-0.2, -0.15) is 0 Å². The molecule has 4 saturated carbocycles. The zero-order chi connectivity index (χ0) is 14.7. The molecule has 1 amide bonds. The Bertz CT molecular complexity index is 569. The van der Waals surface area contributed by atoms with Crippen LogP contribution in [0.5, 0.6) is 0 Å². The monoisotopic (exact) mass is 315 g/mol. The summed E-state index contributed by atoms with van der Waals surface area (Å²) in [6.07, 6.45) is 10.4. The predicted octanol–water partition coefficient (Wildman–Crippen LogP) is 4.24. The molecule has 4 bridgehead atoms. The molecule has 6 rings (SSSR count). The molecule has 118 valence electrons. The Morgan fingerprint density at radius 2 is 1.86 bits per heavy atom. The van der Waals surface area contributed by atoms with E-state index in [1.165, 1.54) is 49.0 Å². The van der Waals surface area contributed by atoms with Crippen molar-refractivity contribution in [3.05, 3.63) is 21.9 Å². The first-order chi connectivity index (χ1) is 10.7. The molecule has 1 aliphatic heterocycles. The minimum absolute atomic E-state index is 0.390. The Labute approximate surface area is 136 Å². The lowest BCUT2D eigenvalue weighted by Gasteiger charge is -2.57. The van der Waals surface area contributed by atoms with Gasteiger partial charge in [0.15, 0.2) is 0 Å². The Morgan fingerprint density at radius 1 is 1.18 bits per heavy atom. The van der Waals surface area contributed by atoms with Crippen LogP contribution >= 0.6 is 11.3 Å². The second-order valence-electron chi connectivity index (χ2n) is 8.53. The maximum atomic E-state index is 12.9. The highest BCUT2D eigenvalue weighted by molar-refractivity contribution is 7.10. The van der Waals surface area contributed by atoms with Crippen molar-refractivity contribution in [1.29, 1.82) is 0 Å². The minimum atomic E-state index is 0.390. The van der Waals surface area contributed by atoms with Gasteiger partial charge in [0.25, 0.3) is 0 Å². The Morgan fingerprint density at radius 3 is 2.55 bits per heavy atom. The van der Waals surface area contributed by atoms with Crippen molar-refractivity contribution >= 4 is 17.2 Å². The molecular weight excluding hydrogens is 290 g/mol. The number of fused-ring (bicyclic) bond motifs is 1. The molecule has 3 heteroatoms. The van der Waals surface area contributed by atoms with Crippen LogP contribution in [0.4, 0.5) is 0 Å². The average molecular weight is 315 g/mol. The summed E-state index contributed by atoms with van der Waals surface area (Å²) in [7, 11) is 0. The Balaban J connectivity index is 1.31. The summed E-state index contributed by atoms with van der Waals surface area (Å²) in [6, 6.07) is 2.21. The first-order valence-corrected chi connectivity index (χ1v) is 9.90. The van der Waals surface area contributed by atoms with Crippen molar-refractivity contribution in [2.24, 2.45) is 23.2 Å². The maximum absolute atomic E-state index is 12.9. The predicted molar refractivity (Wildman–Crippen MR) is 88.7 cm³/mol. The van der Waals surface area contributed by atoms with E-state index in [-0.39, 0.29) is 0 Å². The van der Waals surface area contributed by atoms with Gasteiger partial charge in [0.1, 0.15) is 0 Å². The fourth-order valence-electron chi connectivity index (χ4n) is 6.40. The number of amides is 1. The minimum Gasteiger partial charge on any atom is -0.338 e. The van der Waals surface area contributed by atoms with Crippen LogP contribution in [0.2, 0.25) is 0 Å². The summed E-state index contributed by atoms with van der Waals surface area (Å²) in [6.45, 7) is 1.81. The first kappa shape index (κ1) is 13.6. The average Bonchev–Trinajstić information content (AvgIpc) is 2.92. The Kier molecular flexibility index (Phi) is 2.99. The third kappa shape index (κ3) is 2.16. The van der Waals surface area contributed by atoms with E-state index < -0.39 is 0 Å². The standard InChI is InChI=1S/C19H25NOS/c21-18(20-3-1-17-16(12-20)2-4-22-17)11-19-8-13-5-14(9-19)7-15(6-13)10-19/h2,4,13-15H,1,3,5-12H2. The van der Waals surface area contributed by atoms with Crippen molar-refractivity contribution < 1.29 is 4.79 Å². The number of hydrogen-bond acceptors (Lipinski definition) is 2. The van der Waals surface area contributed by atoms with Gasteiger partial charge in [-0.25, -0.2) is 0 Å². The van der Waals surface area contributed by atoms with Crippen LogP contribution in [-0.4, -0.2) is 17.4 Å². The third-order valence-electron chi connectivity index (χ3n) is 6.85. The zero-order valence-corrected chi connectivity index (χ0v) is 14.0. The lowest BCUT2D eigenvalue weighted by molar-refractivity contribution is -0.140. The third-order valence-corrected chi connectivity index (χ3v) is 7.87. The highest BCUT2D eigenvalue weighted by atomic mass is 32.1. The molecule has 1 aromatic rings. The number of carbonyl (C=O) groups is 1. The van der Waals surface area contributed by atoms with Crippen LogP contribution in [0.15, 0.2) is 11.4 Å². The van der Waals surface area contributed by atoms with Crippen molar-refractivity contribution in [1.82, 2.24) is 4.90 Å². The van der Waals surface area contributed by atoms with Crippen LogP contribution < -0.4 is 0 Å². The zero-order valence-electron chi connectivity index (χ0n) is 13.2. The van der Waals surface area contributed by atoms with Gasteiger partial charge < -0.3 is 4.90 Å². The van der Waals surface area contributed by atoms with E-state index in [2.05, 4.69) is 16.3 Å².